The molecule has 10 heteroatoms. The van der Waals surface area contributed by atoms with Crippen LogP contribution in [-0.2, 0) is 32.6 Å². The molecule has 0 unspecified atom stereocenters. The van der Waals surface area contributed by atoms with Gasteiger partial charge in [0, 0.05) is 31.5 Å². The number of sulfonamides is 1. The molecule has 1 N–H and O–H groups in total. The number of benzene rings is 3. The van der Waals surface area contributed by atoms with E-state index in [-0.39, 0.29) is 37.7 Å². The van der Waals surface area contributed by atoms with Crippen molar-refractivity contribution < 1.29 is 18.0 Å². The molecule has 226 valence electrons. The van der Waals surface area contributed by atoms with Gasteiger partial charge < -0.3 is 10.2 Å². The number of carbonyl (C=O) groups is 2. The minimum atomic E-state index is -3.58. The highest BCUT2D eigenvalue weighted by atomic mass is 35.5. The van der Waals surface area contributed by atoms with Crippen molar-refractivity contribution in [3.8, 4) is 0 Å². The zero-order chi connectivity index (χ0) is 31.1. The summed E-state index contributed by atoms with van der Waals surface area (Å²) in [5.74, 6) is -0.555. The minimum Gasteiger partial charge on any atom is -0.350 e. The number of nitrogens with zero attached hydrogens (tertiary/aromatic N) is 2. The number of amides is 2. The van der Waals surface area contributed by atoms with E-state index in [1.54, 1.807) is 35.2 Å². The fourth-order valence-electron chi connectivity index (χ4n) is 4.56. The predicted molar refractivity (Wildman–Crippen MR) is 171 cm³/mol. The fourth-order valence-corrected chi connectivity index (χ4v) is 5.84. The molecule has 0 aliphatic carbocycles. The average molecular weight is 633 g/mol. The Morgan fingerprint density at radius 1 is 0.905 bits per heavy atom. The van der Waals surface area contributed by atoms with Gasteiger partial charge in [-0.3, -0.25) is 13.9 Å². The molecule has 0 aromatic heterocycles. The van der Waals surface area contributed by atoms with E-state index >= 15 is 0 Å². The van der Waals surface area contributed by atoms with Crippen LogP contribution in [0.25, 0.3) is 0 Å². The van der Waals surface area contributed by atoms with Crippen molar-refractivity contribution >= 4 is 50.7 Å². The van der Waals surface area contributed by atoms with E-state index in [1.807, 2.05) is 70.2 Å². The van der Waals surface area contributed by atoms with Crippen molar-refractivity contribution in [2.24, 2.45) is 0 Å². The molecule has 0 saturated carbocycles. The van der Waals surface area contributed by atoms with Crippen molar-refractivity contribution in [2.45, 2.75) is 65.1 Å². The summed E-state index contributed by atoms with van der Waals surface area (Å²) in [5, 5.41) is 3.77. The smallest absolute Gasteiger partial charge is 0.243 e. The Morgan fingerprint density at radius 3 is 2.12 bits per heavy atom. The van der Waals surface area contributed by atoms with Gasteiger partial charge in [0.2, 0.25) is 21.8 Å². The molecule has 0 bridgehead atoms. The third-order valence-electron chi connectivity index (χ3n) is 6.58. The number of halogens is 2. The first kappa shape index (κ1) is 33.4. The van der Waals surface area contributed by atoms with E-state index in [0.29, 0.717) is 22.2 Å². The average Bonchev–Trinajstić information content (AvgIpc) is 2.90. The second kappa shape index (κ2) is 14.4. The molecule has 3 aromatic carbocycles. The van der Waals surface area contributed by atoms with Crippen molar-refractivity contribution in [3.05, 3.63) is 99.5 Å². The molecule has 0 saturated heterocycles. The van der Waals surface area contributed by atoms with Crippen molar-refractivity contribution in [1.82, 2.24) is 10.2 Å². The minimum absolute atomic E-state index is 0.0350. The quantitative estimate of drug-likeness (QED) is 0.250. The van der Waals surface area contributed by atoms with Gasteiger partial charge >= 0.3 is 0 Å². The summed E-state index contributed by atoms with van der Waals surface area (Å²) in [4.78, 5) is 29.2. The monoisotopic (exact) mass is 631 g/mol. The highest BCUT2D eigenvalue weighted by Gasteiger charge is 2.32. The third kappa shape index (κ3) is 10.0. The number of rotatable bonds is 12. The summed E-state index contributed by atoms with van der Waals surface area (Å²) < 4.78 is 26.5. The normalized spacial score (nSPS) is 12.5. The van der Waals surface area contributed by atoms with Crippen molar-refractivity contribution in [3.63, 3.8) is 0 Å². The summed E-state index contributed by atoms with van der Waals surface area (Å²) in [6, 6.07) is 21.0. The van der Waals surface area contributed by atoms with E-state index in [1.165, 1.54) is 4.31 Å². The molecule has 3 aromatic rings. The van der Waals surface area contributed by atoms with E-state index in [0.717, 1.165) is 22.9 Å². The van der Waals surface area contributed by atoms with E-state index in [2.05, 4.69) is 5.32 Å². The van der Waals surface area contributed by atoms with Crippen LogP contribution in [0, 0.1) is 6.92 Å². The lowest BCUT2D eigenvalue weighted by atomic mass is 10.00. The standard InChI is InChI=1S/C32H39Cl2N3O4S/c1-23-13-16-26(17-14-23)37(42(5,40)41)19-9-12-30(38)36(22-25-15-18-27(33)28(34)20-25)29(31(39)35-32(2,3)4)21-24-10-7-6-8-11-24/h6-8,10-11,13-18,20,29H,9,12,19,21-22H2,1-5H3,(H,35,39)/t29-/m0/s1. The maximum Gasteiger partial charge on any atom is 0.243 e. The summed E-state index contributed by atoms with van der Waals surface area (Å²) >= 11 is 12.4. The largest absolute Gasteiger partial charge is 0.350 e. The molecule has 0 fully saturated rings. The van der Waals surface area contributed by atoms with Gasteiger partial charge in [-0.2, -0.15) is 0 Å². The summed E-state index contributed by atoms with van der Waals surface area (Å²) in [5.41, 5.74) is 2.65. The molecule has 7 nitrogen and oxygen atoms in total. The molecule has 0 heterocycles. The Morgan fingerprint density at radius 2 is 1.55 bits per heavy atom. The lowest BCUT2D eigenvalue weighted by Crippen LogP contribution is -2.54. The van der Waals surface area contributed by atoms with Gasteiger partial charge in [-0.05, 0) is 69.5 Å². The molecular formula is C32H39Cl2N3O4S. The van der Waals surface area contributed by atoms with Gasteiger partial charge in [0.05, 0.1) is 22.0 Å². The Balaban J connectivity index is 1.92. The van der Waals surface area contributed by atoms with Crippen LogP contribution in [0.5, 0.6) is 0 Å². The van der Waals surface area contributed by atoms with Crippen molar-refractivity contribution in [2.75, 3.05) is 17.1 Å². The van der Waals surface area contributed by atoms with Crippen LogP contribution < -0.4 is 9.62 Å². The molecule has 2 amide bonds. The molecule has 0 aliphatic heterocycles. The number of nitrogens with one attached hydrogen (secondary N) is 1. The highest BCUT2D eigenvalue weighted by molar-refractivity contribution is 7.92. The summed E-state index contributed by atoms with van der Waals surface area (Å²) in [7, 11) is -3.58. The first-order valence-electron chi connectivity index (χ1n) is 13.8. The SMILES string of the molecule is Cc1ccc(N(CCCC(=O)N(Cc2ccc(Cl)c(Cl)c2)[C@@H](Cc2ccccc2)C(=O)NC(C)(C)C)S(C)(=O)=O)cc1. The number of anilines is 1. The van der Waals surface area contributed by atoms with E-state index in [4.69, 9.17) is 23.2 Å². The van der Waals surface area contributed by atoms with Crippen molar-refractivity contribution in [1.29, 1.82) is 0 Å². The second-order valence-corrected chi connectivity index (χ2v) is 14.2. The first-order chi connectivity index (χ1) is 19.6. The molecule has 0 aliphatic rings. The fraction of sp³-hybridized carbons (Fsp3) is 0.375. The molecule has 0 radical (unpaired) electrons. The number of carbonyl (C=O) groups excluding carboxylic acids is 2. The maximum absolute atomic E-state index is 13.9. The van der Waals surface area contributed by atoms with Gasteiger partial charge in [-0.1, -0.05) is 77.3 Å². The van der Waals surface area contributed by atoms with Crippen LogP contribution in [-0.4, -0.2) is 49.5 Å². The van der Waals surface area contributed by atoms with E-state index in [9.17, 15) is 18.0 Å². The zero-order valence-electron chi connectivity index (χ0n) is 24.7. The topological polar surface area (TPSA) is 86.8 Å². The highest BCUT2D eigenvalue weighted by Crippen LogP contribution is 2.25. The van der Waals surface area contributed by atoms with Crippen LogP contribution in [0.3, 0.4) is 0 Å². The first-order valence-corrected chi connectivity index (χ1v) is 16.4. The Hall–Kier alpha value is -3.07. The van der Waals surface area contributed by atoms with Gasteiger partial charge in [0.1, 0.15) is 6.04 Å². The predicted octanol–water partition coefficient (Wildman–Crippen LogP) is 6.40. The summed E-state index contributed by atoms with van der Waals surface area (Å²) in [6.45, 7) is 7.84. The van der Waals surface area contributed by atoms with Crippen LogP contribution >= 0.6 is 23.2 Å². The third-order valence-corrected chi connectivity index (χ3v) is 8.51. The zero-order valence-corrected chi connectivity index (χ0v) is 27.1. The Kier molecular flexibility index (Phi) is 11.5. The van der Waals surface area contributed by atoms with Gasteiger partial charge in [-0.25, -0.2) is 8.42 Å². The van der Waals surface area contributed by atoms with E-state index < -0.39 is 21.6 Å². The molecule has 42 heavy (non-hydrogen) atoms. The number of hydrogen-bond acceptors (Lipinski definition) is 4. The van der Waals surface area contributed by atoms with Crippen LogP contribution in [0.2, 0.25) is 10.0 Å². The lowest BCUT2D eigenvalue weighted by Gasteiger charge is -2.34. The Labute approximate surface area is 259 Å². The number of aryl methyl sites for hydroxylation is 1. The second-order valence-electron chi connectivity index (χ2n) is 11.5. The van der Waals surface area contributed by atoms with Crippen LogP contribution in [0.15, 0.2) is 72.8 Å². The van der Waals surface area contributed by atoms with Crippen LogP contribution in [0.4, 0.5) is 5.69 Å². The maximum atomic E-state index is 13.9. The molecule has 0 spiro atoms. The van der Waals surface area contributed by atoms with Gasteiger partial charge in [-0.15, -0.1) is 0 Å². The molecular weight excluding hydrogens is 593 g/mol. The Bertz CT molecular complexity index is 1470. The lowest BCUT2D eigenvalue weighted by molar-refractivity contribution is -0.142. The number of hydrogen-bond donors (Lipinski definition) is 1. The molecule has 1 atom stereocenters. The van der Waals surface area contributed by atoms with Gasteiger partial charge in [0.25, 0.3) is 0 Å². The molecule has 3 rings (SSSR count). The van der Waals surface area contributed by atoms with Crippen LogP contribution in [0.1, 0.15) is 50.3 Å². The van der Waals surface area contributed by atoms with Gasteiger partial charge in [0.15, 0.2) is 0 Å². The summed E-state index contributed by atoms with van der Waals surface area (Å²) in [6.07, 6.45) is 1.75.